The molecule has 3 nitrogen and oxygen atoms in total. The first-order valence-corrected chi connectivity index (χ1v) is 5.86. The summed E-state index contributed by atoms with van der Waals surface area (Å²) < 4.78 is 10.8. The number of unbranched alkanes of at least 4 members (excludes halogenated alkanes) is 1. The van der Waals surface area contributed by atoms with Crippen molar-refractivity contribution in [2.24, 2.45) is 5.73 Å². The lowest BCUT2D eigenvalue weighted by Crippen LogP contribution is -2.24. The van der Waals surface area contributed by atoms with E-state index in [1.54, 1.807) is 7.11 Å². The first-order chi connectivity index (χ1) is 6.98. The standard InChI is InChI=1S/C12H27NO2/c1-11(13)7-5-6-9-15-10-8-12(2,3)14-4/h11H,5-10,13H2,1-4H3. The van der Waals surface area contributed by atoms with Gasteiger partial charge in [-0.25, -0.2) is 0 Å². The van der Waals surface area contributed by atoms with Crippen LogP contribution in [0.1, 0.15) is 46.5 Å². The van der Waals surface area contributed by atoms with Crippen LogP contribution in [-0.4, -0.2) is 32.0 Å². The molecule has 0 radical (unpaired) electrons. The normalized spacial score (nSPS) is 14.2. The summed E-state index contributed by atoms with van der Waals surface area (Å²) in [5.41, 5.74) is 5.59. The lowest BCUT2D eigenvalue weighted by Gasteiger charge is -2.22. The molecule has 0 heterocycles. The Bertz CT molecular complexity index is 147. The molecule has 0 fully saturated rings. The molecule has 0 aliphatic carbocycles. The van der Waals surface area contributed by atoms with Gasteiger partial charge in [0.1, 0.15) is 0 Å². The summed E-state index contributed by atoms with van der Waals surface area (Å²) in [6.07, 6.45) is 4.30. The molecular formula is C12H27NO2. The van der Waals surface area contributed by atoms with Crippen molar-refractivity contribution < 1.29 is 9.47 Å². The van der Waals surface area contributed by atoms with Crippen LogP contribution in [0, 0.1) is 0 Å². The maximum atomic E-state index is 5.65. The predicted molar refractivity (Wildman–Crippen MR) is 64.0 cm³/mol. The van der Waals surface area contributed by atoms with Crippen molar-refractivity contribution in [3.05, 3.63) is 0 Å². The van der Waals surface area contributed by atoms with E-state index in [0.29, 0.717) is 6.04 Å². The monoisotopic (exact) mass is 217 g/mol. The van der Waals surface area contributed by atoms with Crippen molar-refractivity contribution in [1.29, 1.82) is 0 Å². The quantitative estimate of drug-likeness (QED) is 0.603. The van der Waals surface area contributed by atoms with Gasteiger partial charge in [0.05, 0.1) is 5.60 Å². The number of hydrogen-bond acceptors (Lipinski definition) is 3. The Balaban J connectivity index is 3.18. The molecule has 0 spiro atoms. The molecule has 3 heteroatoms. The van der Waals surface area contributed by atoms with Gasteiger partial charge >= 0.3 is 0 Å². The van der Waals surface area contributed by atoms with Crippen molar-refractivity contribution in [1.82, 2.24) is 0 Å². The van der Waals surface area contributed by atoms with Gasteiger partial charge in [0.15, 0.2) is 0 Å². The fourth-order valence-corrected chi connectivity index (χ4v) is 1.19. The number of rotatable bonds is 9. The van der Waals surface area contributed by atoms with E-state index in [2.05, 4.69) is 13.8 Å². The molecule has 0 aromatic rings. The highest BCUT2D eigenvalue weighted by Gasteiger charge is 2.15. The zero-order valence-corrected chi connectivity index (χ0v) is 10.7. The molecular weight excluding hydrogens is 190 g/mol. The van der Waals surface area contributed by atoms with Gasteiger partial charge in [0.25, 0.3) is 0 Å². The molecule has 92 valence electrons. The Kier molecular flexibility index (Phi) is 8.02. The second-order valence-corrected chi connectivity index (χ2v) is 4.80. The summed E-state index contributed by atoms with van der Waals surface area (Å²) in [4.78, 5) is 0. The fraction of sp³-hybridized carbons (Fsp3) is 1.00. The Hall–Kier alpha value is -0.120. The molecule has 0 aliphatic rings. The first-order valence-electron chi connectivity index (χ1n) is 5.86. The average Bonchev–Trinajstić information content (AvgIpc) is 2.16. The van der Waals surface area contributed by atoms with E-state index < -0.39 is 0 Å². The molecule has 0 saturated heterocycles. The predicted octanol–water partition coefficient (Wildman–Crippen LogP) is 2.34. The average molecular weight is 217 g/mol. The van der Waals surface area contributed by atoms with Crippen molar-refractivity contribution in [3.8, 4) is 0 Å². The van der Waals surface area contributed by atoms with E-state index in [-0.39, 0.29) is 5.60 Å². The number of nitrogens with two attached hydrogens (primary N) is 1. The molecule has 0 amide bonds. The van der Waals surface area contributed by atoms with Crippen molar-refractivity contribution in [2.45, 2.75) is 58.1 Å². The van der Waals surface area contributed by atoms with Gasteiger partial charge in [-0.1, -0.05) is 0 Å². The van der Waals surface area contributed by atoms with E-state index in [0.717, 1.165) is 38.9 Å². The van der Waals surface area contributed by atoms with Crippen molar-refractivity contribution in [3.63, 3.8) is 0 Å². The van der Waals surface area contributed by atoms with Crippen LogP contribution < -0.4 is 5.73 Å². The SMILES string of the molecule is COC(C)(C)CCOCCCCC(C)N. The minimum atomic E-state index is -0.0637. The minimum absolute atomic E-state index is 0.0637. The third-order valence-electron chi connectivity index (χ3n) is 2.60. The molecule has 1 unspecified atom stereocenters. The summed E-state index contributed by atoms with van der Waals surface area (Å²) in [6, 6.07) is 0.317. The smallest absolute Gasteiger partial charge is 0.0644 e. The second kappa shape index (κ2) is 8.08. The topological polar surface area (TPSA) is 44.5 Å². The Labute approximate surface area is 94.3 Å². The molecule has 1 atom stereocenters. The van der Waals surface area contributed by atoms with Crippen LogP contribution in [0.15, 0.2) is 0 Å². The van der Waals surface area contributed by atoms with Crippen LogP contribution in [0.4, 0.5) is 0 Å². The van der Waals surface area contributed by atoms with Crippen LogP contribution >= 0.6 is 0 Å². The van der Waals surface area contributed by atoms with Gasteiger partial charge in [0, 0.05) is 26.4 Å². The van der Waals surface area contributed by atoms with Gasteiger partial charge in [0.2, 0.25) is 0 Å². The van der Waals surface area contributed by atoms with E-state index >= 15 is 0 Å². The Morgan fingerprint density at radius 3 is 2.40 bits per heavy atom. The summed E-state index contributed by atoms with van der Waals surface area (Å²) >= 11 is 0. The highest BCUT2D eigenvalue weighted by atomic mass is 16.5. The first kappa shape index (κ1) is 14.9. The fourth-order valence-electron chi connectivity index (χ4n) is 1.19. The lowest BCUT2D eigenvalue weighted by molar-refractivity contribution is -0.0101. The highest BCUT2D eigenvalue weighted by molar-refractivity contribution is 4.66. The number of methoxy groups -OCH3 is 1. The van der Waals surface area contributed by atoms with E-state index in [1.807, 2.05) is 6.92 Å². The van der Waals surface area contributed by atoms with Gasteiger partial charge in [-0.2, -0.15) is 0 Å². The van der Waals surface area contributed by atoms with Crippen molar-refractivity contribution >= 4 is 0 Å². The number of ether oxygens (including phenoxy) is 2. The van der Waals surface area contributed by atoms with Crippen LogP contribution in [0.5, 0.6) is 0 Å². The summed E-state index contributed by atoms with van der Waals surface area (Å²) in [5.74, 6) is 0. The third-order valence-corrected chi connectivity index (χ3v) is 2.60. The molecule has 0 rings (SSSR count). The molecule has 0 aromatic carbocycles. The second-order valence-electron chi connectivity index (χ2n) is 4.80. The Morgan fingerprint density at radius 2 is 1.87 bits per heavy atom. The van der Waals surface area contributed by atoms with Gasteiger partial charge in [-0.15, -0.1) is 0 Å². The lowest BCUT2D eigenvalue weighted by atomic mass is 10.1. The molecule has 15 heavy (non-hydrogen) atoms. The maximum absolute atomic E-state index is 5.65. The summed E-state index contributed by atoms with van der Waals surface area (Å²) in [7, 11) is 1.74. The number of hydrogen-bond donors (Lipinski definition) is 1. The van der Waals surface area contributed by atoms with Crippen LogP contribution in [0.2, 0.25) is 0 Å². The van der Waals surface area contributed by atoms with E-state index in [9.17, 15) is 0 Å². The zero-order valence-electron chi connectivity index (χ0n) is 10.7. The molecule has 0 saturated carbocycles. The van der Waals surface area contributed by atoms with E-state index in [4.69, 9.17) is 15.2 Å². The van der Waals surface area contributed by atoms with Crippen LogP contribution in [0.3, 0.4) is 0 Å². The minimum Gasteiger partial charge on any atom is -0.381 e. The maximum Gasteiger partial charge on any atom is 0.0644 e. The van der Waals surface area contributed by atoms with Gasteiger partial charge < -0.3 is 15.2 Å². The molecule has 0 bridgehead atoms. The van der Waals surface area contributed by atoms with Gasteiger partial charge in [-0.05, 0) is 46.5 Å². The van der Waals surface area contributed by atoms with Gasteiger partial charge in [-0.3, -0.25) is 0 Å². The highest BCUT2D eigenvalue weighted by Crippen LogP contribution is 2.12. The Morgan fingerprint density at radius 1 is 1.20 bits per heavy atom. The third kappa shape index (κ3) is 10.2. The van der Waals surface area contributed by atoms with Crippen molar-refractivity contribution in [2.75, 3.05) is 20.3 Å². The molecule has 2 N–H and O–H groups in total. The van der Waals surface area contributed by atoms with E-state index in [1.165, 1.54) is 0 Å². The van der Waals surface area contributed by atoms with Crippen LogP contribution in [0.25, 0.3) is 0 Å². The largest absolute Gasteiger partial charge is 0.381 e. The molecule has 0 aliphatic heterocycles. The summed E-state index contributed by atoms with van der Waals surface area (Å²) in [6.45, 7) is 7.81. The molecule has 0 aromatic heterocycles. The summed E-state index contributed by atoms with van der Waals surface area (Å²) in [5, 5.41) is 0. The zero-order chi connectivity index (χ0) is 11.7. The van der Waals surface area contributed by atoms with Crippen LogP contribution in [-0.2, 0) is 9.47 Å².